The molecule has 1 aromatic heterocycles. The van der Waals surface area contributed by atoms with E-state index in [0.717, 1.165) is 12.8 Å². The molecule has 1 aliphatic carbocycles. The highest BCUT2D eigenvalue weighted by molar-refractivity contribution is 5.97. The number of carbonyl (C=O) groups excluding carboxylic acids is 1. The molecule has 0 spiro atoms. The normalized spacial score (nSPS) is 13.7. The summed E-state index contributed by atoms with van der Waals surface area (Å²) >= 11 is 0. The van der Waals surface area contributed by atoms with E-state index in [9.17, 15) is 9.59 Å². The minimum absolute atomic E-state index is 0.0365. The van der Waals surface area contributed by atoms with Crippen molar-refractivity contribution in [1.29, 1.82) is 0 Å². The SMILES string of the molecule is C=CCOC(=O)Nc1nc(C2CC2)ncc1C(=O)O. The van der Waals surface area contributed by atoms with Crippen LogP contribution in [0.4, 0.5) is 10.6 Å². The van der Waals surface area contributed by atoms with Crippen LogP contribution < -0.4 is 5.32 Å². The standard InChI is InChI=1S/C12H13N3O4/c1-2-5-19-12(18)15-10-8(11(16)17)6-13-9(14-10)7-3-4-7/h2,6-7H,1,3-5H2,(H,16,17)(H,13,14,15,18). The van der Waals surface area contributed by atoms with E-state index in [-0.39, 0.29) is 23.9 Å². The summed E-state index contributed by atoms with van der Waals surface area (Å²) in [4.78, 5) is 30.5. The fourth-order valence-corrected chi connectivity index (χ4v) is 1.45. The van der Waals surface area contributed by atoms with Crippen LogP contribution in [0.5, 0.6) is 0 Å². The molecule has 0 bridgehead atoms. The topological polar surface area (TPSA) is 101 Å². The van der Waals surface area contributed by atoms with Crippen molar-refractivity contribution in [3.63, 3.8) is 0 Å². The molecular weight excluding hydrogens is 250 g/mol. The number of aromatic carboxylic acids is 1. The van der Waals surface area contributed by atoms with Crippen LogP contribution in [0.1, 0.15) is 34.9 Å². The fourth-order valence-electron chi connectivity index (χ4n) is 1.45. The number of rotatable bonds is 5. The minimum Gasteiger partial charge on any atom is -0.477 e. The van der Waals surface area contributed by atoms with Crippen LogP contribution in [0.25, 0.3) is 0 Å². The summed E-state index contributed by atoms with van der Waals surface area (Å²) in [6.45, 7) is 3.44. The van der Waals surface area contributed by atoms with Gasteiger partial charge in [-0.3, -0.25) is 5.32 Å². The first-order chi connectivity index (χ1) is 9.11. The smallest absolute Gasteiger partial charge is 0.413 e. The van der Waals surface area contributed by atoms with Crippen LogP contribution in [0.2, 0.25) is 0 Å². The van der Waals surface area contributed by atoms with Gasteiger partial charge in [0.25, 0.3) is 0 Å². The molecule has 2 rings (SSSR count). The quantitative estimate of drug-likeness (QED) is 0.785. The number of ether oxygens (including phenoxy) is 1. The third-order valence-corrected chi connectivity index (χ3v) is 2.53. The number of hydrogen-bond donors (Lipinski definition) is 2. The van der Waals surface area contributed by atoms with Crippen molar-refractivity contribution in [3.05, 3.63) is 30.2 Å². The molecule has 2 N–H and O–H groups in total. The van der Waals surface area contributed by atoms with E-state index in [4.69, 9.17) is 9.84 Å². The van der Waals surface area contributed by atoms with Gasteiger partial charge in [0.05, 0.1) is 0 Å². The van der Waals surface area contributed by atoms with Crippen molar-refractivity contribution in [2.75, 3.05) is 11.9 Å². The van der Waals surface area contributed by atoms with Gasteiger partial charge in [-0.15, -0.1) is 0 Å². The summed E-state index contributed by atoms with van der Waals surface area (Å²) in [5.74, 6) is -0.448. The Labute approximate surface area is 109 Å². The van der Waals surface area contributed by atoms with E-state index in [1.807, 2.05) is 0 Å². The van der Waals surface area contributed by atoms with Gasteiger partial charge in [0.15, 0.2) is 5.82 Å². The first-order valence-corrected chi connectivity index (χ1v) is 5.76. The molecule has 7 nitrogen and oxygen atoms in total. The zero-order valence-corrected chi connectivity index (χ0v) is 10.1. The number of nitrogens with zero attached hydrogens (tertiary/aromatic N) is 2. The number of nitrogens with one attached hydrogen (secondary N) is 1. The monoisotopic (exact) mass is 263 g/mol. The zero-order chi connectivity index (χ0) is 13.8. The van der Waals surface area contributed by atoms with Gasteiger partial charge in [0, 0.05) is 12.1 Å². The molecule has 0 atom stereocenters. The first-order valence-electron chi connectivity index (χ1n) is 5.76. The van der Waals surface area contributed by atoms with Crippen LogP contribution in [-0.4, -0.2) is 33.7 Å². The Morgan fingerprint density at radius 2 is 2.32 bits per heavy atom. The maximum Gasteiger partial charge on any atom is 0.413 e. The van der Waals surface area contributed by atoms with Crippen molar-refractivity contribution >= 4 is 17.9 Å². The second kappa shape index (κ2) is 5.47. The molecule has 0 aromatic carbocycles. The molecule has 0 radical (unpaired) electrons. The molecule has 1 aromatic rings. The summed E-state index contributed by atoms with van der Waals surface area (Å²) < 4.78 is 4.72. The second-order valence-electron chi connectivity index (χ2n) is 4.08. The first kappa shape index (κ1) is 13.0. The third kappa shape index (κ3) is 3.27. The van der Waals surface area contributed by atoms with Crippen molar-refractivity contribution < 1.29 is 19.4 Å². The Morgan fingerprint density at radius 3 is 2.89 bits per heavy atom. The average Bonchev–Trinajstić information content (AvgIpc) is 3.20. The number of hydrogen-bond acceptors (Lipinski definition) is 5. The van der Waals surface area contributed by atoms with Crippen molar-refractivity contribution in [2.24, 2.45) is 0 Å². The lowest BCUT2D eigenvalue weighted by Gasteiger charge is -2.08. The third-order valence-electron chi connectivity index (χ3n) is 2.53. The maximum absolute atomic E-state index is 11.4. The van der Waals surface area contributed by atoms with Crippen LogP contribution in [-0.2, 0) is 4.74 Å². The molecule has 19 heavy (non-hydrogen) atoms. The van der Waals surface area contributed by atoms with Gasteiger partial charge in [0.1, 0.15) is 18.0 Å². The Bertz CT molecular complexity index is 526. The number of carbonyl (C=O) groups is 2. The molecule has 1 heterocycles. The molecule has 1 fully saturated rings. The minimum atomic E-state index is -1.21. The van der Waals surface area contributed by atoms with Crippen LogP contribution in [0.15, 0.2) is 18.9 Å². The lowest BCUT2D eigenvalue weighted by Crippen LogP contribution is -2.18. The number of aromatic nitrogens is 2. The largest absolute Gasteiger partial charge is 0.477 e. The number of anilines is 1. The summed E-state index contributed by atoms with van der Waals surface area (Å²) in [5.41, 5.74) is -0.167. The van der Waals surface area contributed by atoms with Crippen LogP contribution in [0.3, 0.4) is 0 Å². The van der Waals surface area contributed by atoms with Gasteiger partial charge in [-0.2, -0.15) is 0 Å². The highest BCUT2D eigenvalue weighted by atomic mass is 16.5. The molecule has 1 aliphatic rings. The maximum atomic E-state index is 11.4. The van der Waals surface area contributed by atoms with Gasteiger partial charge < -0.3 is 9.84 Å². The molecule has 7 heteroatoms. The van der Waals surface area contributed by atoms with E-state index in [2.05, 4.69) is 21.9 Å². The molecule has 100 valence electrons. The van der Waals surface area contributed by atoms with E-state index < -0.39 is 12.1 Å². The van der Waals surface area contributed by atoms with E-state index in [1.165, 1.54) is 12.3 Å². The summed E-state index contributed by atoms with van der Waals surface area (Å²) in [6, 6.07) is 0. The summed E-state index contributed by atoms with van der Waals surface area (Å²) in [7, 11) is 0. The van der Waals surface area contributed by atoms with Gasteiger partial charge in [-0.1, -0.05) is 12.7 Å². The van der Waals surface area contributed by atoms with Crippen LogP contribution >= 0.6 is 0 Å². The van der Waals surface area contributed by atoms with Gasteiger partial charge in [-0.05, 0) is 12.8 Å². The van der Waals surface area contributed by atoms with Gasteiger partial charge >= 0.3 is 12.1 Å². The van der Waals surface area contributed by atoms with Gasteiger partial charge in [-0.25, -0.2) is 19.6 Å². The Balaban J connectivity index is 2.19. The molecule has 0 aliphatic heterocycles. The predicted molar refractivity (Wildman–Crippen MR) is 66.1 cm³/mol. The lowest BCUT2D eigenvalue weighted by molar-refractivity contribution is 0.0697. The number of amides is 1. The van der Waals surface area contributed by atoms with Crippen molar-refractivity contribution in [3.8, 4) is 0 Å². The highest BCUT2D eigenvalue weighted by Crippen LogP contribution is 2.38. The number of carboxylic acid groups (broad SMARTS) is 1. The van der Waals surface area contributed by atoms with E-state index in [0.29, 0.717) is 5.82 Å². The van der Waals surface area contributed by atoms with E-state index >= 15 is 0 Å². The van der Waals surface area contributed by atoms with Crippen molar-refractivity contribution in [2.45, 2.75) is 18.8 Å². The number of carboxylic acids is 1. The Hall–Kier alpha value is -2.44. The highest BCUT2D eigenvalue weighted by Gasteiger charge is 2.28. The predicted octanol–water partition coefficient (Wildman–Crippen LogP) is 1.79. The van der Waals surface area contributed by atoms with Crippen molar-refractivity contribution in [1.82, 2.24) is 9.97 Å². The fraction of sp³-hybridized carbons (Fsp3) is 0.333. The average molecular weight is 263 g/mol. The Kier molecular flexibility index (Phi) is 3.74. The molecule has 1 saturated carbocycles. The molecule has 1 amide bonds. The summed E-state index contributed by atoms with van der Waals surface area (Å²) in [5, 5.41) is 11.3. The second-order valence-corrected chi connectivity index (χ2v) is 4.08. The zero-order valence-electron chi connectivity index (χ0n) is 10.1. The van der Waals surface area contributed by atoms with E-state index in [1.54, 1.807) is 0 Å². The lowest BCUT2D eigenvalue weighted by atomic mass is 10.3. The van der Waals surface area contributed by atoms with Gasteiger partial charge in [0.2, 0.25) is 0 Å². The molecule has 0 saturated heterocycles. The Morgan fingerprint density at radius 1 is 1.58 bits per heavy atom. The molecule has 0 unspecified atom stereocenters. The van der Waals surface area contributed by atoms with Crippen LogP contribution in [0, 0.1) is 0 Å². The molecular formula is C12H13N3O4. The summed E-state index contributed by atoms with van der Waals surface area (Å²) in [6.07, 6.45) is 3.79.